The number of nitrogens with zero attached hydrogens (tertiary/aromatic N) is 1. The number of ketones is 1. The number of Topliss-reactive ketones (excluding diaryl/α,β-unsaturated/α-hetero) is 1. The molecule has 1 aromatic heterocycles. The molecule has 0 saturated heterocycles. The number of benzene rings is 2. The summed E-state index contributed by atoms with van der Waals surface area (Å²) in [5, 5.41) is 0.286. The van der Waals surface area contributed by atoms with Crippen LogP contribution in [0, 0.1) is 0 Å². The fourth-order valence-corrected chi connectivity index (χ4v) is 2.27. The number of halogens is 2. The van der Waals surface area contributed by atoms with Crippen LogP contribution in [0.1, 0.15) is 15.9 Å². The standard InChI is InChI=1S/C17H11F2NO/c18-17(19,16(21)12-6-2-1-3-7-12)14-9-4-10-15-13(14)8-5-11-20-15/h1-11H. The molecule has 0 saturated carbocycles. The summed E-state index contributed by atoms with van der Waals surface area (Å²) in [4.78, 5) is 16.2. The quantitative estimate of drug-likeness (QED) is 0.674. The van der Waals surface area contributed by atoms with Gasteiger partial charge in [-0.15, -0.1) is 0 Å². The van der Waals surface area contributed by atoms with Crippen molar-refractivity contribution in [3.05, 3.63) is 78.0 Å². The molecular formula is C17H11F2NO. The maximum atomic E-state index is 14.6. The first-order chi connectivity index (χ1) is 10.1. The van der Waals surface area contributed by atoms with Crippen LogP contribution in [0.3, 0.4) is 0 Å². The maximum absolute atomic E-state index is 14.6. The zero-order chi connectivity index (χ0) is 14.9. The van der Waals surface area contributed by atoms with Crippen molar-refractivity contribution in [3.8, 4) is 0 Å². The fraction of sp³-hybridized carbons (Fsp3) is 0.0588. The van der Waals surface area contributed by atoms with Gasteiger partial charge < -0.3 is 0 Å². The van der Waals surface area contributed by atoms with Gasteiger partial charge in [0.1, 0.15) is 0 Å². The van der Waals surface area contributed by atoms with Crippen LogP contribution in [0.4, 0.5) is 8.78 Å². The number of rotatable bonds is 3. The molecule has 0 N–H and O–H groups in total. The second-order valence-electron chi connectivity index (χ2n) is 4.65. The lowest BCUT2D eigenvalue weighted by Crippen LogP contribution is -2.26. The molecule has 0 aliphatic rings. The van der Waals surface area contributed by atoms with E-state index < -0.39 is 11.7 Å². The molecule has 2 nitrogen and oxygen atoms in total. The topological polar surface area (TPSA) is 30.0 Å². The first kappa shape index (κ1) is 13.4. The van der Waals surface area contributed by atoms with Gasteiger partial charge in [0.15, 0.2) is 0 Å². The molecule has 0 fully saturated rings. The van der Waals surface area contributed by atoms with E-state index in [9.17, 15) is 13.6 Å². The van der Waals surface area contributed by atoms with E-state index in [-0.39, 0.29) is 16.5 Å². The maximum Gasteiger partial charge on any atom is 0.335 e. The highest BCUT2D eigenvalue weighted by atomic mass is 19.3. The molecule has 0 aliphatic heterocycles. The second kappa shape index (κ2) is 5.05. The molecule has 0 atom stereocenters. The van der Waals surface area contributed by atoms with Crippen LogP contribution < -0.4 is 0 Å². The van der Waals surface area contributed by atoms with Crippen molar-refractivity contribution < 1.29 is 13.6 Å². The van der Waals surface area contributed by atoms with E-state index in [4.69, 9.17) is 0 Å². The lowest BCUT2D eigenvalue weighted by molar-refractivity contribution is 0.00836. The molecule has 4 heteroatoms. The molecule has 0 bridgehead atoms. The summed E-state index contributed by atoms with van der Waals surface area (Å²) < 4.78 is 29.2. The molecule has 2 aromatic carbocycles. The fourth-order valence-electron chi connectivity index (χ4n) is 2.27. The third-order valence-electron chi connectivity index (χ3n) is 3.31. The molecule has 3 aromatic rings. The average Bonchev–Trinajstić information content (AvgIpc) is 2.54. The summed E-state index contributed by atoms with van der Waals surface area (Å²) in [7, 11) is 0. The number of hydrogen-bond acceptors (Lipinski definition) is 2. The second-order valence-corrected chi connectivity index (χ2v) is 4.65. The van der Waals surface area contributed by atoms with Gasteiger partial charge in [-0.1, -0.05) is 48.5 Å². The SMILES string of the molecule is O=C(c1ccccc1)C(F)(F)c1cccc2ncccc12. The number of hydrogen-bond donors (Lipinski definition) is 0. The van der Waals surface area contributed by atoms with Gasteiger partial charge in [-0.3, -0.25) is 9.78 Å². The minimum absolute atomic E-state index is 0.0107. The van der Waals surface area contributed by atoms with E-state index in [0.29, 0.717) is 5.52 Å². The lowest BCUT2D eigenvalue weighted by atomic mass is 9.96. The molecular weight excluding hydrogens is 272 g/mol. The van der Waals surface area contributed by atoms with Gasteiger partial charge in [0.2, 0.25) is 5.78 Å². The zero-order valence-electron chi connectivity index (χ0n) is 11.0. The van der Waals surface area contributed by atoms with E-state index in [1.807, 2.05) is 0 Å². The molecule has 0 spiro atoms. The Labute approximate surface area is 120 Å². The van der Waals surface area contributed by atoms with Crippen LogP contribution in [0.2, 0.25) is 0 Å². The molecule has 0 amide bonds. The number of fused-ring (bicyclic) bond motifs is 1. The number of pyridine rings is 1. The Balaban J connectivity index is 2.14. The van der Waals surface area contributed by atoms with Gasteiger partial charge in [0.05, 0.1) is 5.52 Å². The smallest absolute Gasteiger partial charge is 0.287 e. The minimum atomic E-state index is -3.59. The molecule has 0 radical (unpaired) electrons. The molecule has 0 unspecified atom stereocenters. The third kappa shape index (κ3) is 2.29. The van der Waals surface area contributed by atoms with Gasteiger partial charge in [-0.25, -0.2) is 0 Å². The van der Waals surface area contributed by atoms with Crippen molar-refractivity contribution in [1.82, 2.24) is 4.98 Å². The van der Waals surface area contributed by atoms with Crippen LogP contribution in [0.25, 0.3) is 10.9 Å². The number of aromatic nitrogens is 1. The molecule has 21 heavy (non-hydrogen) atoms. The van der Waals surface area contributed by atoms with Crippen molar-refractivity contribution in [1.29, 1.82) is 0 Å². The summed E-state index contributed by atoms with van der Waals surface area (Å²) in [6, 6.07) is 15.1. The summed E-state index contributed by atoms with van der Waals surface area (Å²) in [6.45, 7) is 0. The average molecular weight is 283 g/mol. The highest BCUT2D eigenvalue weighted by molar-refractivity contribution is 6.04. The first-order valence-corrected chi connectivity index (χ1v) is 6.42. The van der Waals surface area contributed by atoms with Gasteiger partial charge in [0.25, 0.3) is 0 Å². The van der Waals surface area contributed by atoms with Crippen LogP contribution in [-0.2, 0) is 5.92 Å². The van der Waals surface area contributed by atoms with E-state index in [0.717, 1.165) is 0 Å². The van der Waals surface area contributed by atoms with E-state index in [1.54, 1.807) is 36.4 Å². The Morgan fingerprint density at radius 2 is 1.67 bits per heavy atom. The molecule has 104 valence electrons. The Bertz CT molecular complexity index is 795. The van der Waals surface area contributed by atoms with Crippen LogP contribution >= 0.6 is 0 Å². The van der Waals surface area contributed by atoms with Crippen LogP contribution in [0.5, 0.6) is 0 Å². The van der Waals surface area contributed by atoms with Gasteiger partial charge >= 0.3 is 5.92 Å². The number of carbonyl (C=O) groups excluding carboxylic acids is 1. The largest absolute Gasteiger partial charge is 0.335 e. The number of carbonyl (C=O) groups is 1. The molecule has 0 aliphatic carbocycles. The Hall–Kier alpha value is -2.62. The van der Waals surface area contributed by atoms with Gasteiger partial charge in [0, 0.05) is 22.7 Å². The normalized spacial score (nSPS) is 11.5. The lowest BCUT2D eigenvalue weighted by Gasteiger charge is -2.17. The first-order valence-electron chi connectivity index (χ1n) is 6.42. The summed E-state index contributed by atoms with van der Waals surface area (Å²) in [5.41, 5.74) is 0.112. The third-order valence-corrected chi connectivity index (χ3v) is 3.31. The Morgan fingerprint density at radius 1 is 0.905 bits per heavy atom. The van der Waals surface area contributed by atoms with E-state index in [2.05, 4.69) is 4.98 Å². The molecule has 3 rings (SSSR count). The Morgan fingerprint density at radius 3 is 2.43 bits per heavy atom. The number of alkyl halides is 2. The molecule has 1 heterocycles. The monoisotopic (exact) mass is 283 g/mol. The zero-order valence-corrected chi connectivity index (χ0v) is 11.0. The summed E-state index contributed by atoms with van der Waals surface area (Å²) >= 11 is 0. The highest BCUT2D eigenvalue weighted by Gasteiger charge is 2.42. The van der Waals surface area contributed by atoms with E-state index >= 15 is 0 Å². The summed E-state index contributed by atoms with van der Waals surface area (Å²) in [6.07, 6.45) is 1.53. The highest BCUT2D eigenvalue weighted by Crippen LogP contribution is 2.35. The van der Waals surface area contributed by atoms with Crippen LogP contribution in [-0.4, -0.2) is 10.8 Å². The Kier molecular flexibility index (Phi) is 3.22. The predicted molar refractivity (Wildman–Crippen MR) is 76.4 cm³/mol. The van der Waals surface area contributed by atoms with Crippen molar-refractivity contribution in [2.24, 2.45) is 0 Å². The van der Waals surface area contributed by atoms with E-state index in [1.165, 1.54) is 30.5 Å². The van der Waals surface area contributed by atoms with Crippen molar-refractivity contribution in [3.63, 3.8) is 0 Å². The van der Waals surface area contributed by atoms with Crippen LogP contribution in [0.15, 0.2) is 66.9 Å². The van der Waals surface area contributed by atoms with Crippen molar-refractivity contribution in [2.45, 2.75) is 5.92 Å². The predicted octanol–water partition coefficient (Wildman–Crippen LogP) is 4.21. The van der Waals surface area contributed by atoms with Gasteiger partial charge in [-0.05, 0) is 12.1 Å². The summed E-state index contributed by atoms with van der Waals surface area (Å²) in [5.74, 6) is -4.80. The van der Waals surface area contributed by atoms with Crippen molar-refractivity contribution >= 4 is 16.7 Å². The van der Waals surface area contributed by atoms with Gasteiger partial charge in [-0.2, -0.15) is 8.78 Å². The van der Waals surface area contributed by atoms with Crippen molar-refractivity contribution in [2.75, 3.05) is 0 Å². The minimum Gasteiger partial charge on any atom is -0.287 e.